The number of nitrogens with zero attached hydrogens (tertiary/aromatic N) is 2. The van der Waals surface area contributed by atoms with E-state index in [0.29, 0.717) is 6.54 Å². The second-order valence-electron chi connectivity index (χ2n) is 8.75. The number of benzene rings is 4. The lowest BCUT2D eigenvalue weighted by Gasteiger charge is -2.27. The van der Waals surface area contributed by atoms with Crippen LogP contribution in [0, 0.1) is 5.82 Å². The summed E-state index contributed by atoms with van der Waals surface area (Å²) < 4.78 is 15.8. The topological polar surface area (TPSA) is 25.2 Å². The van der Waals surface area contributed by atoms with Crippen LogP contribution < -0.4 is 0 Å². The standard InChI is InChI=1S/C30H23FN2O/c1-32-26-14-8-7-13-25(26)27(28(32)21-9-3-2-4-10-21)29-23-11-5-6-12-24(23)30(34)33(29)19-20-15-17-22(31)18-16-20/h2-18,29H,19H2,1H3/t29-/m0/s1. The number of para-hydroxylation sites is 1. The van der Waals surface area contributed by atoms with E-state index < -0.39 is 0 Å². The molecule has 0 fully saturated rings. The summed E-state index contributed by atoms with van der Waals surface area (Å²) in [5, 5.41) is 1.13. The summed E-state index contributed by atoms with van der Waals surface area (Å²) in [5.41, 5.74) is 7.06. The van der Waals surface area contributed by atoms with Crippen molar-refractivity contribution in [3.63, 3.8) is 0 Å². The Labute approximate surface area is 197 Å². The number of amides is 1. The smallest absolute Gasteiger partial charge is 0.255 e. The summed E-state index contributed by atoms with van der Waals surface area (Å²) in [6.45, 7) is 0.399. The Balaban J connectivity index is 1.62. The third-order valence-electron chi connectivity index (χ3n) is 6.79. The Morgan fingerprint density at radius 1 is 0.794 bits per heavy atom. The van der Waals surface area contributed by atoms with Crippen LogP contribution in [0.1, 0.15) is 33.1 Å². The highest BCUT2D eigenvalue weighted by Gasteiger charge is 2.40. The number of aromatic nitrogens is 1. The van der Waals surface area contributed by atoms with Gasteiger partial charge in [0.15, 0.2) is 0 Å². The molecule has 0 bridgehead atoms. The molecule has 6 rings (SSSR count). The third-order valence-corrected chi connectivity index (χ3v) is 6.79. The maximum Gasteiger partial charge on any atom is 0.255 e. The van der Waals surface area contributed by atoms with Crippen LogP contribution in [0.4, 0.5) is 4.39 Å². The van der Waals surface area contributed by atoms with Gasteiger partial charge < -0.3 is 9.47 Å². The van der Waals surface area contributed by atoms with E-state index in [2.05, 4.69) is 41.9 Å². The normalized spacial score (nSPS) is 15.2. The summed E-state index contributed by atoms with van der Waals surface area (Å²) in [6, 6.07) is 32.7. The first kappa shape index (κ1) is 20.4. The molecule has 1 aromatic heterocycles. The van der Waals surface area contributed by atoms with Gasteiger partial charge in [0.25, 0.3) is 5.91 Å². The van der Waals surface area contributed by atoms with E-state index in [0.717, 1.165) is 44.4 Å². The molecule has 0 unspecified atom stereocenters. The number of hydrogen-bond donors (Lipinski definition) is 0. The van der Waals surface area contributed by atoms with Crippen LogP contribution in [-0.2, 0) is 13.6 Å². The molecule has 1 aliphatic rings. The predicted octanol–water partition coefficient (Wildman–Crippen LogP) is 6.73. The Kier molecular flexibility index (Phi) is 4.80. The second kappa shape index (κ2) is 7.99. The molecule has 0 aliphatic carbocycles. The number of aryl methyl sites for hydroxylation is 1. The van der Waals surface area contributed by atoms with Crippen molar-refractivity contribution in [1.29, 1.82) is 0 Å². The lowest BCUT2D eigenvalue weighted by molar-refractivity contribution is 0.0737. The van der Waals surface area contributed by atoms with E-state index in [1.165, 1.54) is 12.1 Å². The van der Waals surface area contributed by atoms with Gasteiger partial charge in [-0.05, 0) is 41.0 Å². The maximum absolute atomic E-state index is 13.7. The van der Waals surface area contributed by atoms with Crippen molar-refractivity contribution in [3.8, 4) is 11.3 Å². The minimum Gasteiger partial charge on any atom is -0.343 e. The molecule has 5 aromatic rings. The van der Waals surface area contributed by atoms with E-state index in [4.69, 9.17) is 0 Å². The largest absolute Gasteiger partial charge is 0.343 e. The van der Waals surface area contributed by atoms with Crippen molar-refractivity contribution >= 4 is 16.8 Å². The summed E-state index contributed by atoms with van der Waals surface area (Å²) in [7, 11) is 2.08. The molecule has 166 valence electrons. The molecular weight excluding hydrogens is 423 g/mol. The third kappa shape index (κ3) is 3.14. The fraction of sp³-hybridized carbons (Fsp3) is 0.100. The highest BCUT2D eigenvalue weighted by Crippen LogP contribution is 2.46. The van der Waals surface area contributed by atoms with Crippen LogP contribution in [0.3, 0.4) is 0 Å². The number of halogens is 1. The first-order valence-electron chi connectivity index (χ1n) is 11.4. The van der Waals surface area contributed by atoms with Gasteiger partial charge in [0, 0.05) is 35.6 Å². The zero-order valence-corrected chi connectivity index (χ0v) is 18.8. The highest BCUT2D eigenvalue weighted by molar-refractivity contribution is 6.02. The molecule has 4 aromatic carbocycles. The molecular formula is C30H23FN2O. The second-order valence-corrected chi connectivity index (χ2v) is 8.75. The Bertz CT molecular complexity index is 1520. The number of fused-ring (bicyclic) bond motifs is 2. The Hall–Kier alpha value is -4.18. The van der Waals surface area contributed by atoms with Gasteiger partial charge >= 0.3 is 0 Å². The van der Waals surface area contributed by atoms with Crippen LogP contribution >= 0.6 is 0 Å². The summed E-state index contributed by atoms with van der Waals surface area (Å²) in [5.74, 6) is -0.284. The molecule has 1 atom stereocenters. The van der Waals surface area contributed by atoms with Crippen LogP contribution in [0.5, 0.6) is 0 Å². The molecule has 34 heavy (non-hydrogen) atoms. The summed E-state index contributed by atoms with van der Waals surface area (Å²) in [4.78, 5) is 15.6. The monoisotopic (exact) mass is 446 g/mol. The molecule has 1 aliphatic heterocycles. The van der Waals surface area contributed by atoms with Crippen molar-refractivity contribution in [2.45, 2.75) is 12.6 Å². The Morgan fingerprint density at radius 3 is 2.26 bits per heavy atom. The quantitative estimate of drug-likeness (QED) is 0.300. The minimum atomic E-state index is -0.281. The lowest BCUT2D eigenvalue weighted by atomic mass is 9.93. The molecule has 3 nitrogen and oxygen atoms in total. The van der Waals surface area contributed by atoms with Gasteiger partial charge in [-0.2, -0.15) is 0 Å². The minimum absolute atomic E-state index is 0.00290. The lowest BCUT2D eigenvalue weighted by Crippen LogP contribution is -2.28. The van der Waals surface area contributed by atoms with Gasteiger partial charge in [0.05, 0.1) is 11.7 Å². The van der Waals surface area contributed by atoms with E-state index in [1.807, 2.05) is 53.4 Å². The van der Waals surface area contributed by atoms with Crippen molar-refractivity contribution in [2.75, 3.05) is 0 Å². The molecule has 1 amide bonds. The van der Waals surface area contributed by atoms with E-state index in [-0.39, 0.29) is 17.8 Å². The average Bonchev–Trinajstić information content (AvgIpc) is 3.32. The van der Waals surface area contributed by atoms with Gasteiger partial charge in [0.1, 0.15) is 5.82 Å². The van der Waals surface area contributed by atoms with Gasteiger partial charge in [-0.25, -0.2) is 4.39 Å². The van der Waals surface area contributed by atoms with Gasteiger partial charge in [0.2, 0.25) is 0 Å². The molecule has 0 radical (unpaired) electrons. The zero-order chi connectivity index (χ0) is 23.2. The zero-order valence-electron chi connectivity index (χ0n) is 18.8. The van der Waals surface area contributed by atoms with Crippen LogP contribution in [0.25, 0.3) is 22.2 Å². The summed E-state index contributed by atoms with van der Waals surface area (Å²) in [6.07, 6.45) is 0. The fourth-order valence-electron chi connectivity index (χ4n) is 5.28. The predicted molar refractivity (Wildman–Crippen MR) is 133 cm³/mol. The molecule has 0 spiro atoms. The van der Waals surface area contributed by atoms with E-state index in [1.54, 1.807) is 12.1 Å². The SMILES string of the molecule is Cn1c(-c2ccccc2)c([C@@H]2c3ccccc3C(=O)N2Cc2ccc(F)cc2)c2ccccc21. The fourth-order valence-corrected chi connectivity index (χ4v) is 5.28. The van der Waals surface area contributed by atoms with Crippen LogP contribution in [-0.4, -0.2) is 15.4 Å². The van der Waals surface area contributed by atoms with E-state index >= 15 is 0 Å². The molecule has 4 heteroatoms. The number of carbonyl (C=O) groups excluding carboxylic acids is 1. The van der Waals surface area contributed by atoms with Crippen molar-refractivity contribution in [1.82, 2.24) is 9.47 Å². The molecule has 0 saturated heterocycles. The first-order chi connectivity index (χ1) is 16.6. The highest BCUT2D eigenvalue weighted by atomic mass is 19.1. The Morgan fingerprint density at radius 2 is 1.47 bits per heavy atom. The van der Waals surface area contributed by atoms with E-state index in [9.17, 15) is 9.18 Å². The summed E-state index contributed by atoms with van der Waals surface area (Å²) >= 11 is 0. The first-order valence-corrected chi connectivity index (χ1v) is 11.4. The molecule has 0 N–H and O–H groups in total. The molecule has 0 saturated carbocycles. The van der Waals surface area contributed by atoms with Crippen molar-refractivity contribution in [2.24, 2.45) is 7.05 Å². The molecule has 2 heterocycles. The van der Waals surface area contributed by atoms with Crippen molar-refractivity contribution in [3.05, 3.63) is 131 Å². The maximum atomic E-state index is 13.7. The van der Waals surface area contributed by atoms with Crippen molar-refractivity contribution < 1.29 is 9.18 Å². The van der Waals surface area contributed by atoms with Gasteiger partial charge in [-0.3, -0.25) is 4.79 Å². The number of carbonyl (C=O) groups is 1. The van der Waals surface area contributed by atoms with Gasteiger partial charge in [-0.15, -0.1) is 0 Å². The number of hydrogen-bond acceptors (Lipinski definition) is 1. The average molecular weight is 447 g/mol. The van der Waals surface area contributed by atoms with Gasteiger partial charge in [-0.1, -0.05) is 78.9 Å². The van der Waals surface area contributed by atoms with Crippen LogP contribution in [0.2, 0.25) is 0 Å². The number of rotatable bonds is 4. The van der Waals surface area contributed by atoms with Crippen LogP contribution in [0.15, 0.2) is 103 Å².